The number of hydrogen-bond donors (Lipinski definition) is 2. The number of aliphatic hydroxyl groups excluding tert-OH is 1. The van der Waals surface area contributed by atoms with Gasteiger partial charge in [0.1, 0.15) is 12.7 Å². The predicted molar refractivity (Wildman–Crippen MR) is 93.9 cm³/mol. The molecule has 1 fully saturated rings. The highest BCUT2D eigenvalue weighted by molar-refractivity contribution is 5.96. The molecule has 0 aliphatic carbocycles. The minimum absolute atomic E-state index is 0. The van der Waals surface area contributed by atoms with E-state index in [2.05, 4.69) is 10.1 Å². The van der Waals surface area contributed by atoms with Gasteiger partial charge in [-0.05, 0) is 25.9 Å². The Labute approximate surface area is 144 Å². The van der Waals surface area contributed by atoms with Gasteiger partial charge in [-0.3, -0.25) is 0 Å². The van der Waals surface area contributed by atoms with E-state index in [0.717, 1.165) is 18.7 Å². The van der Waals surface area contributed by atoms with Crippen LogP contribution in [0.2, 0.25) is 0 Å². The van der Waals surface area contributed by atoms with Crippen molar-refractivity contribution in [3.8, 4) is 0 Å². The number of nitrogens with two attached hydrogens (primary N) is 1. The van der Waals surface area contributed by atoms with Gasteiger partial charge in [0.2, 0.25) is 0 Å². The lowest BCUT2D eigenvalue weighted by atomic mass is 10.1. The second-order valence-electron chi connectivity index (χ2n) is 5.15. The van der Waals surface area contributed by atoms with Gasteiger partial charge >= 0.3 is 0 Å². The topological polar surface area (TPSA) is 71.1 Å². The van der Waals surface area contributed by atoms with Gasteiger partial charge in [0.15, 0.2) is 5.84 Å². The molecule has 1 heterocycles. The summed E-state index contributed by atoms with van der Waals surface area (Å²) in [4.78, 5) is 7.41. The van der Waals surface area contributed by atoms with E-state index in [1.165, 1.54) is 19.3 Å². The normalized spacial score (nSPS) is 17.0. The second kappa shape index (κ2) is 11.5. The molecule has 1 aromatic rings. The lowest BCUT2D eigenvalue weighted by Crippen LogP contribution is -2.38. The van der Waals surface area contributed by atoms with Crippen molar-refractivity contribution in [3.05, 3.63) is 35.9 Å². The van der Waals surface area contributed by atoms with Gasteiger partial charge in [0, 0.05) is 12.1 Å². The molecule has 0 bridgehead atoms. The van der Waals surface area contributed by atoms with Crippen molar-refractivity contribution in [2.24, 2.45) is 10.9 Å². The molecule has 126 valence electrons. The molecule has 1 unspecified atom stereocenters. The minimum Gasteiger partial charge on any atom is -0.391 e. The first kappa shape index (κ1) is 21.0. The Morgan fingerprint density at radius 2 is 1.82 bits per heavy atom. The third-order valence-corrected chi connectivity index (χ3v) is 3.42. The Morgan fingerprint density at radius 1 is 1.18 bits per heavy atom. The highest BCUT2D eigenvalue weighted by Crippen LogP contribution is 2.09. The van der Waals surface area contributed by atoms with Crippen LogP contribution in [0.15, 0.2) is 35.5 Å². The Kier molecular flexibility index (Phi) is 11.0. The van der Waals surface area contributed by atoms with Gasteiger partial charge in [0.05, 0.1) is 0 Å². The number of amidine groups is 1. The van der Waals surface area contributed by atoms with Crippen molar-refractivity contribution >= 4 is 30.6 Å². The molecule has 1 aromatic carbocycles. The summed E-state index contributed by atoms with van der Waals surface area (Å²) in [6.45, 7) is 2.93. The van der Waals surface area contributed by atoms with E-state index in [9.17, 15) is 5.11 Å². The van der Waals surface area contributed by atoms with Crippen molar-refractivity contribution in [3.63, 3.8) is 0 Å². The summed E-state index contributed by atoms with van der Waals surface area (Å²) in [6.07, 6.45) is 3.20. The van der Waals surface area contributed by atoms with Crippen molar-refractivity contribution in [1.29, 1.82) is 0 Å². The van der Waals surface area contributed by atoms with Crippen LogP contribution in [0.3, 0.4) is 0 Å². The highest BCUT2D eigenvalue weighted by Gasteiger charge is 2.14. The summed E-state index contributed by atoms with van der Waals surface area (Å²) in [6, 6.07) is 9.44. The summed E-state index contributed by atoms with van der Waals surface area (Å²) in [7, 11) is 0. The minimum atomic E-state index is -0.527. The van der Waals surface area contributed by atoms with E-state index in [1.54, 1.807) is 0 Å². The van der Waals surface area contributed by atoms with Crippen molar-refractivity contribution in [2.45, 2.75) is 25.4 Å². The molecule has 1 aliphatic heterocycles. The Bertz CT molecular complexity index is 426. The standard InChI is InChI=1S/C15H23N3O2.2ClH/c16-15(13-7-3-1-4-8-13)17-20-12-14(19)11-18-9-5-2-6-10-18;;/h1,3-4,7-8,14,19H,2,5-6,9-12H2,(H2,16,17);2*1H. The molecule has 0 amide bonds. The number of nitrogens with zero attached hydrogens (tertiary/aromatic N) is 2. The maximum atomic E-state index is 9.91. The van der Waals surface area contributed by atoms with Crippen LogP contribution in [-0.4, -0.2) is 48.2 Å². The third kappa shape index (κ3) is 7.31. The molecular formula is C15H25Cl2N3O2. The Morgan fingerprint density at radius 3 is 2.45 bits per heavy atom. The molecule has 3 N–H and O–H groups in total. The molecule has 22 heavy (non-hydrogen) atoms. The third-order valence-electron chi connectivity index (χ3n) is 3.42. The summed E-state index contributed by atoms with van der Waals surface area (Å²) < 4.78 is 0. The molecule has 1 saturated heterocycles. The van der Waals surface area contributed by atoms with E-state index < -0.39 is 6.10 Å². The van der Waals surface area contributed by atoms with Gasteiger partial charge in [-0.25, -0.2) is 0 Å². The van der Waals surface area contributed by atoms with Crippen LogP contribution >= 0.6 is 24.8 Å². The largest absolute Gasteiger partial charge is 0.391 e. The number of oxime groups is 1. The molecule has 0 spiro atoms. The van der Waals surface area contributed by atoms with Crippen LogP contribution in [0.1, 0.15) is 24.8 Å². The van der Waals surface area contributed by atoms with Gasteiger partial charge < -0.3 is 20.6 Å². The molecule has 0 aromatic heterocycles. The fourth-order valence-electron chi connectivity index (χ4n) is 2.35. The molecular weight excluding hydrogens is 325 g/mol. The van der Waals surface area contributed by atoms with Gasteiger partial charge in [-0.1, -0.05) is 41.9 Å². The SMILES string of the molecule is Cl.Cl.N/C(=N\OCC(O)CN1CCCCC1)c1ccccc1. The molecule has 5 nitrogen and oxygen atoms in total. The van der Waals surface area contributed by atoms with Gasteiger partial charge in [-0.2, -0.15) is 0 Å². The first-order valence-corrected chi connectivity index (χ1v) is 7.17. The van der Waals surface area contributed by atoms with Crippen LogP contribution < -0.4 is 5.73 Å². The molecule has 2 rings (SSSR count). The Hall–Kier alpha value is -1.01. The van der Waals surface area contributed by atoms with Crippen LogP contribution in [0.25, 0.3) is 0 Å². The average molecular weight is 350 g/mol. The van der Waals surface area contributed by atoms with Crippen LogP contribution in [-0.2, 0) is 4.84 Å². The zero-order valence-electron chi connectivity index (χ0n) is 12.6. The molecule has 1 aliphatic rings. The maximum Gasteiger partial charge on any atom is 0.170 e. The monoisotopic (exact) mass is 349 g/mol. The van der Waals surface area contributed by atoms with Crippen molar-refractivity contribution < 1.29 is 9.94 Å². The second-order valence-corrected chi connectivity index (χ2v) is 5.15. The zero-order valence-corrected chi connectivity index (χ0v) is 14.2. The van der Waals surface area contributed by atoms with Crippen LogP contribution in [0, 0.1) is 0 Å². The molecule has 0 saturated carbocycles. The quantitative estimate of drug-likeness (QED) is 0.468. The fourth-order valence-corrected chi connectivity index (χ4v) is 2.35. The predicted octanol–water partition coefficient (Wildman–Crippen LogP) is 2.01. The number of hydrogen-bond acceptors (Lipinski definition) is 4. The average Bonchev–Trinajstić information content (AvgIpc) is 2.49. The van der Waals surface area contributed by atoms with E-state index >= 15 is 0 Å². The van der Waals surface area contributed by atoms with E-state index in [4.69, 9.17) is 10.6 Å². The van der Waals surface area contributed by atoms with Crippen LogP contribution in [0.5, 0.6) is 0 Å². The number of β-amino-alcohol motifs (C(OH)–C–C–N with tert-alkyl or cyclic N) is 1. The lowest BCUT2D eigenvalue weighted by Gasteiger charge is -2.27. The fraction of sp³-hybridized carbons (Fsp3) is 0.533. The van der Waals surface area contributed by atoms with Crippen molar-refractivity contribution in [2.75, 3.05) is 26.2 Å². The molecule has 1 atom stereocenters. The number of rotatable bonds is 6. The molecule has 7 heteroatoms. The number of piperidine rings is 1. The summed E-state index contributed by atoms with van der Waals surface area (Å²) >= 11 is 0. The lowest BCUT2D eigenvalue weighted by molar-refractivity contribution is 0.0157. The van der Waals surface area contributed by atoms with E-state index in [0.29, 0.717) is 12.4 Å². The number of likely N-dealkylation sites (tertiary alicyclic amines) is 1. The van der Waals surface area contributed by atoms with Crippen LogP contribution in [0.4, 0.5) is 0 Å². The Balaban J connectivity index is 0.00000220. The van der Waals surface area contributed by atoms with E-state index in [-0.39, 0.29) is 31.4 Å². The first-order valence-electron chi connectivity index (χ1n) is 7.17. The highest BCUT2D eigenvalue weighted by atomic mass is 35.5. The number of halogens is 2. The number of aliphatic hydroxyl groups is 1. The first-order chi connectivity index (χ1) is 9.75. The van der Waals surface area contributed by atoms with Gasteiger partial charge in [-0.15, -0.1) is 24.8 Å². The maximum absolute atomic E-state index is 9.91. The zero-order chi connectivity index (χ0) is 14.2. The van der Waals surface area contributed by atoms with E-state index in [1.807, 2.05) is 30.3 Å². The number of benzene rings is 1. The van der Waals surface area contributed by atoms with Crippen molar-refractivity contribution in [1.82, 2.24) is 4.90 Å². The van der Waals surface area contributed by atoms with Gasteiger partial charge in [0.25, 0.3) is 0 Å². The smallest absolute Gasteiger partial charge is 0.170 e. The molecule has 0 radical (unpaired) electrons. The summed E-state index contributed by atoms with van der Waals surface area (Å²) in [5.74, 6) is 0.329. The summed E-state index contributed by atoms with van der Waals surface area (Å²) in [5, 5.41) is 13.8. The summed E-state index contributed by atoms with van der Waals surface area (Å²) in [5.41, 5.74) is 6.62.